The van der Waals surface area contributed by atoms with E-state index in [2.05, 4.69) is 15.9 Å². The average molecular weight is 474 g/mol. The number of sulfone groups is 1. The highest BCUT2D eigenvalue weighted by Crippen LogP contribution is 2.43. The van der Waals surface area contributed by atoms with Crippen molar-refractivity contribution in [1.29, 1.82) is 0 Å². The third-order valence-corrected chi connectivity index (χ3v) is 8.85. The minimum atomic E-state index is -3.90. The Balaban J connectivity index is 2.16. The number of hydrogen-bond acceptors (Lipinski definition) is 5. The summed E-state index contributed by atoms with van der Waals surface area (Å²) >= 11 is 4.80. The van der Waals surface area contributed by atoms with E-state index in [0.29, 0.717) is 9.47 Å². The highest BCUT2D eigenvalue weighted by Gasteiger charge is 2.29. The van der Waals surface area contributed by atoms with E-state index in [1.54, 1.807) is 18.2 Å². The molecule has 0 saturated carbocycles. The molecule has 0 aliphatic carbocycles. The summed E-state index contributed by atoms with van der Waals surface area (Å²) in [6.45, 7) is -0.151. The Morgan fingerprint density at radius 2 is 1.58 bits per heavy atom. The van der Waals surface area contributed by atoms with Gasteiger partial charge in [0.1, 0.15) is 14.8 Å². The van der Waals surface area contributed by atoms with Gasteiger partial charge >= 0.3 is 0 Å². The molecule has 9 heteroatoms. The molecule has 26 heavy (non-hydrogen) atoms. The quantitative estimate of drug-likeness (QED) is 0.543. The molecule has 0 unspecified atom stereocenters. The summed E-state index contributed by atoms with van der Waals surface area (Å²) < 4.78 is 52.4. The molecule has 0 aliphatic rings. The van der Waals surface area contributed by atoms with Crippen LogP contribution in [0.3, 0.4) is 0 Å². The van der Waals surface area contributed by atoms with Gasteiger partial charge in [0.15, 0.2) is 0 Å². The Bertz CT molecular complexity index is 1140. The summed E-state index contributed by atoms with van der Waals surface area (Å²) in [5.41, 5.74) is 0. The van der Waals surface area contributed by atoms with Gasteiger partial charge in [0.25, 0.3) is 10.0 Å². The summed E-state index contributed by atoms with van der Waals surface area (Å²) in [5, 5.41) is 1.36. The van der Waals surface area contributed by atoms with Crippen molar-refractivity contribution in [1.82, 2.24) is 0 Å². The average Bonchev–Trinajstić information content (AvgIpc) is 2.92. The maximum absolute atomic E-state index is 13.2. The zero-order valence-electron chi connectivity index (χ0n) is 13.8. The van der Waals surface area contributed by atoms with Gasteiger partial charge in [0, 0.05) is 22.9 Å². The van der Waals surface area contributed by atoms with Gasteiger partial charge in [-0.3, -0.25) is 4.31 Å². The first-order valence-electron chi connectivity index (χ1n) is 7.63. The fourth-order valence-electron chi connectivity index (χ4n) is 2.46. The van der Waals surface area contributed by atoms with Gasteiger partial charge in [0.2, 0.25) is 0 Å². The van der Waals surface area contributed by atoms with Gasteiger partial charge < -0.3 is 0 Å². The van der Waals surface area contributed by atoms with Gasteiger partial charge in [0.05, 0.1) is 15.1 Å². The van der Waals surface area contributed by atoms with E-state index >= 15 is 0 Å². The van der Waals surface area contributed by atoms with Gasteiger partial charge in [-0.1, -0.05) is 36.4 Å². The van der Waals surface area contributed by atoms with Crippen molar-refractivity contribution >= 4 is 62.2 Å². The van der Waals surface area contributed by atoms with Crippen LogP contribution in [0.2, 0.25) is 0 Å². The van der Waals surface area contributed by atoms with Gasteiger partial charge in [-0.15, -0.1) is 11.3 Å². The van der Waals surface area contributed by atoms with Crippen molar-refractivity contribution < 1.29 is 16.8 Å². The van der Waals surface area contributed by atoms with E-state index < -0.39 is 19.9 Å². The minimum Gasteiger partial charge on any atom is -0.255 e. The van der Waals surface area contributed by atoms with Crippen molar-refractivity contribution in [3.05, 3.63) is 59.1 Å². The molecule has 3 aromatic rings. The van der Waals surface area contributed by atoms with E-state index in [1.165, 1.54) is 27.8 Å². The molecule has 0 N–H and O–H groups in total. The molecule has 3 rings (SSSR count). The van der Waals surface area contributed by atoms with E-state index in [-0.39, 0.29) is 17.2 Å². The fourth-order valence-corrected chi connectivity index (χ4v) is 6.97. The number of anilines is 1. The Hall–Kier alpha value is -1.42. The first-order valence-corrected chi connectivity index (χ1v) is 12.7. The van der Waals surface area contributed by atoms with Crippen LogP contribution in [0.25, 0.3) is 10.1 Å². The highest BCUT2D eigenvalue weighted by atomic mass is 79.9. The fraction of sp³-hybridized carbons (Fsp3) is 0.176. The SMILES string of the molecule is CS(=O)(=O)CCN(c1sc2ccccc2c1Br)S(=O)(=O)c1ccccc1. The van der Waals surface area contributed by atoms with Crippen molar-refractivity contribution in [2.45, 2.75) is 4.90 Å². The summed E-state index contributed by atoms with van der Waals surface area (Å²) in [6, 6.07) is 15.6. The number of halogens is 1. The maximum Gasteiger partial charge on any atom is 0.265 e. The predicted molar refractivity (Wildman–Crippen MR) is 110 cm³/mol. The first-order chi connectivity index (χ1) is 12.2. The van der Waals surface area contributed by atoms with Crippen LogP contribution < -0.4 is 4.31 Å². The van der Waals surface area contributed by atoms with Crippen molar-refractivity contribution in [3.63, 3.8) is 0 Å². The van der Waals surface area contributed by atoms with Crippen molar-refractivity contribution in [3.8, 4) is 0 Å². The number of thiophene rings is 1. The summed E-state index contributed by atoms with van der Waals surface area (Å²) in [7, 11) is -7.23. The molecule has 0 amide bonds. The van der Waals surface area contributed by atoms with E-state index in [4.69, 9.17) is 0 Å². The Morgan fingerprint density at radius 1 is 0.962 bits per heavy atom. The molecular formula is C17H16BrNO4S3. The second kappa shape index (κ2) is 7.30. The topological polar surface area (TPSA) is 71.5 Å². The zero-order valence-corrected chi connectivity index (χ0v) is 17.8. The molecule has 1 heterocycles. The summed E-state index contributed by atoms with van der Waals surface area (Å²) in [5.74, 6) is -0.264. The molecule has 0 aliphatic heterocycles. The number of fused-ring (bicyclic) bond motifs is 1. The predicted octanol–water partition coefficient (Wildman–Crippen LogP) is 3.90. The third kappa shape index (κ3) is 3.95. The molecule has 138 valence electrons. The second-order valence-electron chi connectivity index (χ2n) is 5.74. The molecule has 0 bridgehead atoms. The van der Waals surface area contributed by atoms with Gasteiger partial charge in [-0.25, -0.2) is 16.8 Å². The molecule has 0 fully saturated rings. The van der Waals surface area contributed by atoms with Crippen molar-refractivity contribution in [2.24, 2.45) is 0 Å². The normalized spacial score (nSPS) is 12.4. The lowest BCUT2D eigenvalue weighted by atomic mass is 10.3. The lowest BCUT2D eigenvalue weighted by molar-refractivity contribution is 0.590. The smallest absolute Gasteiger partial charge is 0.255 e. The van der Waals surface area contributed by atoms with Crippen LogP contribution in [0.5, 0.6) is 0 Å². The van der Waals surface area contributed by atoms with E-state index in [9.17, 15) is 16.8 Å². The van der Waals surface area contributed by atoms with E-state index in [1.807, 2.05) is 24.3 Å². The van der Waals surface area contributed by atoms with Gasteiger partial charge in [-0.2, -0.15) is 0 Å². The Labute approximate surface area is 165 Å². The lowest BCUT2D eigenvalue weighted by Crippen LogP contribution is -2.34. The van der Waals surface area contributed by atoms with Crippen LogP contribution in [0.1, 0.15) is 0 Å². The van der Waals surface area contributed by atoms with Crippen LogP contribution in [-0.2, 0) is 19.9 Å². The molecule has 1 aromatic heterocycles. The molecule has 2 aromatic carbocycles. The molecule has 5 nitrogen and oxygen atoms in total. The number of nitrogens with zero attached hydrogens (tertiary/aromatic N) is 1. The van der Waals surface area contributed by atoms with Crippen LogP contribution in [-0.4, -0.2) is 35.4 Å². The van der Waals surface area contributed by atoms with Crippen LogP contribution in [0, 0.1) is 0 Å². The minimum absolute atomic E-state index is 0.123. The molecular weight excluding hydrogens is 458 g/mol. The molecule has 0 radical (unpaired) electrons. The lowest BCUT2D eigenvalue weighted by Gasteiger charge is -2.23. The Kier molecular flexibility index (Phi) is 5.43. The molecule has 0 atom stereocenters. The summed E-state index contributed by atoms with van der Waals surface area (Å²) in [4.78, 5) is 0.123. The molecule has 0 saturated heterocycles. The van der Waals surface area contributed by atoms with E-state index in [0.717, 1.165) is 16.3 Å². The monoisotopic (exact) mass is 473 g/mol. The number of hydrogen-bond donors (Lipinski definition) is 0. The number of rotatable bonds is 6. The third-order valence-electron chi connectivity index (χ3n) is 3.74. The standard InChI is InChI=1S/C17H16BrNO4S3/c1-25(20,21)12-11-19(26(22,23)13-7-3-2-4-8-13)17-16(18)14-9-5-6-10-15(14)24-17/h2-10H,11-12H2,1H3. The summed E-state index contributed by atoms with van der Waals surface area (Å²) in [6.07, 6.45) is 1.10. The van der Waals surface area contributed by atoms with Crippen molar-refractivity contribution in [2.75, 3.05) is 22.9 Å². The van der Waals surface area contributed by atoms with Gasteiger partial charge in [-0.05, 0) is 34.1 Å². The number of sulfonamides is 1. The van der Waals surface area contributed by atoms with Crippen LogP contribution >= 0.6 is 27.3 Å². The van der Waals surface area contributed by atoms with Crippen LogP contribution in [0.15, 0.2) is 64.0 Å². The largest absolute Gasteiger partial charge is 0.265 e. The number of benzene rings is 2. The molecule has 0 spiro atoms. The Morgan fingerprint density at radius 3 is 2.19 bits per heavy atom. The highest BCUT2D eigenvalue weighted by molar-refractivity contribution is 9.10. The first kappa shape index (κ1) is 19.3. The zero-order chi connectivity index (χ0) is 18.9. The second-order valence-corrected chi connectivity index (χ2v) is 11.7. The van der Waals surface area contributed by atoms with Crippen LogP contribution in [0.4, 0.5) is 5.00 Å². The maximum atomic E-state index is 13.2.